The van der Waals surface area contributed by atoms with Crippen molar-refractivity contribution >= 4 is 19.8 Å². The predicted molar refractivity (Wildman–Crippen MR) is 87.3 cm³/mol. The van der Waals surface area contributed by atoms with E-state index in [1.165, 1.54) is 0 Å². The summed E-state index contributed by atoms with van der Waals surface area (Å²) >= 11 is 0. The van der Waals surface area contributed by atoms with E-state index in [2.05, 4.69) is 4.52 Å². The number of carbonyl (C=O) groups excluding carboxylic acids is 2. The van der Waals surface area contributed by atoms with Gasteiger partial charge in [-0.05, 0) is 12.8 Å². The lowest BCUT2D eigenvalue weighted by atomic mass is 10.2. The van der Waals surface area contributed by atoms with Gasteiger partial charge < -0.3 is 14.4 Å². The zero-order valence-electron chi connectivity index (χ0n) is 14.7. The molecule has 0 rings (SSSR count). The lowest BCUT2D eigenvalue weighted by Crippen LogP contribution is -2.29. The van der Waals surface area contributed by atoms with Gasteiger partial charge in [0.1, 0.15) is 6.61 Å². The molecule has 0 aliphatic carbocycles. The minimum absolute atomic E-state index is 0.221. The summed E-state index contributed by atoms with van der Waals surface area (Å²) in [7, 11) is -3.17. The summed E-state index contributed by atoms with van der Waals surface area (Å²) in [6, 6.07) is 0. The number of hydrogen-bond acceptors (Lipinski definition) is 7. The van der Waals surface area contributed by atoms with Crippen molar-refractivity contribution in [3.05, 3.63) is 0 Å². The van der Waals surface area contributed by atoms with E-state index in [0.29, 0.717) is 6.42 Å². The molecule has 24 heavy (non-hydrogen) atoms. The highest BCUT2D eigenvalue weighted by molar-refractivity contribution is 7.47. The van der Waals surface area contributed by atoms with E-state index in [0.717, 1.165) is 32.8 Å². The fourth-order valence-corrected chi connectivity index (χ4v) is 2.15. The molecule has 0 radical (unpaired) electrons. The summed E-state index contributed by atoms with van der Waals surface area (Å²) in [6.45, 7) is 3.33. The SMILES string of the molecule is CCCCCC(=O)OC[C@H](COP(=O)(O)OC)OC(=O)CCCC. The maximum atomic E-state index is 11.7. The Morgan fingerprint density at radius 3 is 2.21 bits per heavy atom. The number of carbonyl (C=O) groups is 2. The number of unbranched alkanes of at least 4 members (excludes halogenated alkanes) is 3. The fourth-order valence-electron chi connectivity index (χ4n) is 1.69. The van der Waals surface area contributed by atoms with E-state index in [1.807, 2.05) is 13.8 Å². The van der Waals surface area contributed by atoms with Gasteiger partial charge in [-0.2, -0.15) is 0 Å². The largest absolute Gasteiger partial charge is 0.472 e. The van der Waals surface area contributed by atoms with Crippen LogP contribution in [-0.2, 0) is 32.7 Å². The van der Waals surface area contributed by atoms with Crippen LogP contribution in [0.2, 0.25) is 0 Å². The van der Waals surface area contributed by atoms with Crippen LogP contribution >= 0.6 is 7.82 Å². The maximum Gasteiger partial charge on any atom is 0.472 e. The van der Waals surface area contributed by atoms with Gasteiger partial charge in [0.05, 0.1) is 6.61 Å². The number of ether oxygens (including phenoxy) is 2. The lowest BCUT2D eigenvalue weighted by molar-refractivity contribution is -0.161. The molecule has 0 aliphatic rings. The molecule has 0 heterocycles. The van der Waals surface area contributed by atoms with Gasteiger partial charge in [-0.25, -0.2) is 4.57 Å². The lowest BCUT2D eigenvalue weighted by Gasteiger charge is -2.19. The first-order chi connectivity index (χ1) is 11.3. The van der Waals surface area contributed by atoms with Crippen LogP contribution in [0.25, 0.3) is 0 Å². The zero-order valence-corrected chi connectivity index (χ0v) is 15.6. The number of hydrogen-bond donors (Lipinski definition) is 1. The highest BCUT2D eigenvalue weighted by Gasteiger charge is 2.24. The Kier molecular flexibility index (Phi) is 12.8. The third-order valence-electron chi connectivity index (χ3n) is 3.10. The van der Waals surface area contributed by atoms with E-state index >= 15 is 0 Å². The second kappa shape index (κ2) is 13.4. The summed E-state index contributed by atoms with van der Waals surface area (Å²) in [6.07, 6.45) is 3.68. The average molecular weight is 368 g/mol. The van der Waals surface area contributed by atoms with Crippen molar-refractivity contribution in [2.75, 3.05) is 20.3 Å². The molecule has 0 amide bonds. The molecule has 142 valence electrons. The minimum atomic E-state index is -4.19. The molecule has 0 aromatic rings. The van der Waals surface area contributed by atoms with Gasteiger partial charge in [0.15, 0.2) is 6.10 Å². The Morgan fingerprint density at radius 1 is 1.00 bits per heavy atom. The predicted octanol–water partition coefficient (Wildman–Crippen LogP) is 2.98. The number of rotatable bonds is 14. The van der Waals surface area contributed by atoms with Crippen molar-refractivity contribution in [1.29, 1.82) is 0 Å². The van der Waals surface area contributed by atoms with E-state index < -0.39 is 32.5 Å². The zero-order chi connectivity index (χ0) is 18.4. The van der Waals surface area contributed by atoms with Crippen LogP contribution in [0.3, 0.4) is 0 Å². The van der Waals surface area contributed by atoms with Crippen LogP contribution in [0, 0.1) is 0 Å². The molecule has 0 spiro atoms. The highest BCUT2D eigenvalue weighted by Crippen LogP contribution is 2.42. The van der Waals surface area contributed by atoms with Gasteiger partial charge in [0.25, 0.3) is 0 Å². The minimum Gasteiger partial charge on any atom is -0.462 e. The van der Waals surface area contributed by atoms with Crippen LogP contribution < -0.4 is 0 Å². The molecule has 2 atom stereocenters. The van der Waals surface area contributed by atoms with Crippen LogP contribution in [0.15, 0.2) is 0 Å². The van der Waals surface area contributed by atoms with E-state index in [1.54, 1.807) is 0 Å². The number of esters is 2. The summed E-state index contributed by atoms with van der Waals surface area (Å²) in [5.41, 5.74) is 0. The molecule has 0 aliphatic heterocycles. The summed E-state index contributed by atoms with van der Waals surface area (Å²) < 4.78 is 30.5. The van der Waals surface area contributed by atoms with Crippen molar-refractivity contribution in [3.8, 4) is 0 Å². The van der Waals surface area contributed by atoms with Gasteiger partial charge >= 0.3 is 19.8 Å². The molecule has 0 bridgehead atoms. The van der Waals surface area contributed by atoms with Crippen molar-refractivity contribution in [2.24, 2.45) is 0 Å². The summed E-state index contributed by atoms with van der Waals surface area (Å²) in [5, 5.41) is 0. The third kappa shape index (κ3) is 12.5. The maximum absolute atomic E-state index is 11.7. The molecule has 1 N–H and O–H groups in total. The Bertz CT molecular complexity index is 412. The molecule has 0 saturated heterocycles. The van der Waals surface area contributed by atoms with Crippen LogP contribution in [-0.4, -0.2) is 43.3 Å². The molecule has 0 aromatic heterocycles. The molecular formula is C15H29O8P. The third-order valence-corrected chi connectivity index (χ3v) is 4.04. The van der Waals surface area contributed by atoms with Crippen LogP contribution in [0.1, 0.15) is 58.8 Å². The van der Waals surface area contributed by atoms with Gasteiger partial charge in [-0.3, -0.25) is 18.6 Å². The summed E-state index contributed by atoms with van der Waals surface area (Å²) in [5.74, 6) is -0.880. The Balaban J connectivity index is 4.42. The average Bonchev–Trinajstić information content (AvgIpc) is 2.55. The molecular weight excluding hydrogens is 339 g/mol. The molecule has 8 nitrogen and oxygen atoms in total. The van der Waals surface area contributed by atoms with Gasteiger partial charge in [-0.1, -0.05) is 33.1 Å². The van der Waals surface area contributed by atoms with E-state index in [-0.39, 0.29) is 19.4 Å². The first-order valence-corrected chi connectivity index (χ1v) is 9.72. The van der Waals surface area contributed by atoms with Crippen molar-refractivity contribution in [1.82, 2.24) is 0 Å². The van der Waals surface area contributed by atoms with Crippen LogP contribution in [0.4, 0.5) is 0 Å². The smallest absolute Gasteiger partial charge is 0.462 e. The van der Waals surface area contributed by atoms with E-state index in [9.17, 15) is 19.0 Å². The number of phosphoric acid groups is 1. The monoisotopic (exact) mass is 368 g/mol. The molecule has 0 fully saturated rings. The fraction of sp³-hybridized carbons (Fsp3) is 0.867. The van der Waals surface area contributed by atoms with Crippen LogP contribution in [0.5, 0.6) is 0 Å². The van der Waals surface area contributed by atoms with E-state index in [4.69, 9.17) is 14.0 Å². The Labute approximate surface area is 143 Å². The standard InChI is InChI=1S/C15H29O8P/c1-4-6-8-10-14(16)21-11-13(12-22-24(18,19)20-3)23-15(17)9-7-5-2/h13H,4-12H2,1-3H3,(H,18,19)/t13-/m1/s1. The van der Waals surface area contributed by atoms with Crippen molar-refractivity contribution < 1.29 is 37.6 Å². The first-order valence-electron chi connectivity index (χ1n) is 8.22. The normalized spacial score (nSPS) is 14.7. The summed E-state index contributed by atoms with van der Waals surface area (Å²) in [4.78, 5) is 32.5. The van der Waals surface area contributed by atoms with Gasteiger partial charge in [-0.15, -0.1) is 0 Å². The number of phosphoric ester groups is 1. The van der Waals surface area contributed by atoms with Gasteiger partial charge in [0.2, 0.25) is 0 Å². The van der Waals surface area contributed by atoms with Crippen molar-refractivity contribution in [3.63, 3.8) is 0 Å². The second-order valence-corrected chi connectivity index (χ2v) is 6.86. The molecule has 0 aromatic carbocycles. The van der Waals surface area contributed by atoms with Crippen molar-refractivity contribution in [2.45, 2.75) is 64.9 Å². The Morgan fingerprint density at radius 2 is 1.62 bits per heavy atom. The second-order valence-electron chi connectivity index (χ2n) is 5.30. The molecule has 0 saturated carbocycles. The topological polar surface area (TPSA) is 108 Å². The highest BCUT2D eigenvalue weighted by atomic mass is 31.2. The molecule has 1 unspecified atom stereocenters. The quantitative estimate of drug-likeness (QED) is 0.283. The Hall–Kier alpha value is -0.950. The first kappa shape index (κ1) is 23.1. The molecule has 9 heteroatoms. The van der Waals surface area contributed by atoms with Gasteiger partial charge in [0, 0.05) is 20.0 Å².